The molecule has 162 valence electrons. The largest absolute Gasteiger partial charge is 0.481 e. The van der Waals surface area contributed by atoms with Crippen molar-refractivity contribution in [1.82, 2.24) is 0 Å². The monoisotopic (exact) mass is 478 g/mol. The number of hydrogen-bond acceptors (Lipinski definition) is 4. The van der Waals surface area contributed by atoms with Crippen LogP contribution in [0.5, 0.6) is 5.75 Å². The number of sulfonamides is 1. The predicted octanol–water partition coefficient (Wildman–Crippen LogP) is 5.59. The Morgan fingerprint density at radius 3 is 2.19 bits per heavy atom. The van der Waals surface area contributed by atoms with Crippen LogP contribution in [0.1, 0.15) is 13.3 Å². The number of rotatable bonds is 8. The molecule has 3 aromatic rings. The van der Waals surface area contributed by atoms with E-state index in [2.05, 4.69) is 10.0 Å². The predicted molar refractivity (Wildman–Crippen MR) is 123 cm³/mol. The van der Waals surface area contributed by atoms with E-state index in [1.54, 1.807) is 42.5 Å². The fourth-order valence-electron chi connectivity index (χ4n) is 2.73. The highest BCUT2D eigenvalue weighted by molar-refractivity contribution is 7.92. The van der Waals surface area contributed by atoms with Gasteiger partial charge in [0.15, 0.2) is 6.10 Å². The minimum absolute atomic E-state index is 0.0488. The zero-order chi connectivity index (χ0) is 22.4. The number of amides is 1. The minimum atomic E-state index is -3.80. The minimum Gasteiger partial charge on any atom is -0.481 e. The standard InChI is InChI=1S/C22H20Cl2N2O4S/c1-2-21(30-19-8-4-6-16(24)14-19)22(27)25-17-9-11-20(12-10-17)31(28,29)26-18-7-3-5-15(23)13-18/h3-14,21,26H,2H2,1H3,(H,25,27)/t21-/m0/s1. The van der Waals surface area contributed by atoms with Crippen LogP contribution in [0.25, 0.3) is 0 Å². The van der Waals surface area contributed by atoms with Gasteiger partial charge in [-0.25, -0.2) is 8.42 Å². The SMILES string of the molecule is CC[C@H](Oc1cccc(Cl)c1)C(=O)Nc1ccc(S(=O)(=O)Nc2cccc(Cl)c2)cc1. The number of anilines is 2. The van der Waals surface area contributed by atoms with Gasteiger partial charge in [0.05, 0.1) is 10.6 Å². The molecule has 31 heavy (non-hydrogen) atoms. The van der Waals surface area contributed by atoms with Crippen LogP contribution in [0.2, 0.25) is 10.0 Å². The Labute approximate surface area is 191 Å². The van der Waals surface area contributed by atoms with E-state index in [0.717, 1.165) is 0 Å². The van der Waals surface area contributed by atoms with Crippen LogP contribution in [0.15, 0.2) is 77.7 Å². The molecular weight excluding hydrogens is 459 g/mol. The van der Waals surface area contributed by atoms with E-state index in [1.165, 1.54) is 30.3 Å². The van der Waals surface area contributed by atoms with E-state index in [4.69, 9.17) is 27.9 Å². The molecular formula is C22H20Cl2N2O4S. The van der Waals surface area contributed by atoms with Crippen molar-refractivity contribution in [3.05, 3.63) is 82.8 Å². The molecule has 0 fully saturated rings. The van der Waals surface area contributed by atoms with Gasteiger partial charge in [0.1, 0.15) is 5.75 Å². The summed E-state index contributed by atoms with van der Waals surface area (Å²) in [5, 5.41) is 3.66. The van der Waals surface area contributed by atoms with Crippen molar-refractivity contribution < 1.29 is 17.9 Å². The van der Waals surface area contributed by atoms with Crippen LogP contribution >= 0.6 is 23.2 Å². The summed E-state index contributed by atoms with van der Waals surface area (Å²) in [6.07, 6.45) is -0.291. The molecule has 0 aliphatic carbocycles. The molecule has 0 saturated heterocycles. The van der Waals surface area contributed by atoms with Crippen molar-refractivity contribution in [1.29, 1.82) is 0 Å². The second-order valence-electron chi connectivity index (χ2n) is 6.60. The lowest BCUT2D eigenvalue weighted by molar-refractivity contribution is -0.122. The highest BCUT2D eigenvalue weighted by Gasteiger charge is 2.20. The van der Waals surface area contributed by atoms with Gasteiger partial charge < -0.3 is 10.1 Å². The Hall–Kier alpha value is -2.74. The molecule has 6 nitrogen and oxygen atoms in total. The molecule has 0 bridgehead atoms. The van der Waals surface area contributed by atoms with Gasteiger partial charge in [-0.1, -0.05) is 42.3 Å². The molecule has 1 amide bonds. The van der Waals surface area contributed by atoms with E-state index in [-0.39, 0.29) is 10.8 Å². The first-order valence-corrected chi connectivity index (χ1v) is 11.6. The Balaban J connectivity index is 1.67. The van der Waals surface area contributed by atoms with E-state index in [0.29, 0.717) is 33.6 Å². The van der Waals surface area contributed by atoms with Gasteiger partial charge >= 0.3 is 0 Å². The van der Waals surface area contributed by atoms with Gasteiger partial charge in [0.2, 0.25) is 0 Å². The van der Waals surface area contributed by atoms with Gasteiger partial charge in [0, 0.05) is 15.7 Å². The summed E-state index contributed by atoms with van der Waals surface area (Å²) in [6.45, 7) is 1.83. The first kappa shape index (κ1) is 22.9. The van der Waals surface area contributed by atoms with Crippen molar-refractivity contribution in [2.75, 3.05) is 10.0 Å². The lowest BCUT2D eigenvalue weighted by Gasteiger charge is -2.17. The molecule has 2 N–H and O–H groups in total. The molecule has 0 unspecified atom stereocenters. The lowest BCUT2D eigenvalue weighted by Crippen LogP contribution is -2.32. The number of hydrogen-bond donors (Lipinski definition) is 2. The van der Waals surface area contributed by atoms with Gasteiger partial charge in [0.25, 0.3) is 15.9 Å². The second kappa shape index (κ2) is 10.0. The van der Waals surface area contributed by atoms with Crippen molar-refractivity contribution in [3.63, 3.8) is 0 Å². The van der Waals surface area contributed by atoms with E-state index in [9.17, 15) is 13.2 Å². The molecule has 0 saturated carbocycles. The Kier molecular flexibility index (Phi) is 7.43. The molecule has 0 aliphatic heterocycles. The van der Waals surface area contributed by atoms with Crippen LogP contribution in [0, 0.1) is 0 Å². The third-order valence-corrected chi connectivity index (χ3v) is 6.11. The van der Waals surface area contributed by atoms with Gasteiger partial charge in [-0.05, 0) is 67.1 Å². The molecule has 3 rings (SSSR count). The Bertz CT molecular complexity index is 1170. The molecule has 0 aliphatic rings. The van der Waals surface area contributed by atoms with Crippen molar-refractivity contribution in [2.45, 2.75) is 24.3 Å². The Morgan fingerprint density at radius 1 is 0.935 bits per heavy atom. The third kappa shape index (κ3) is 6.37. The maximum Gasteiger partial charge on any atom is 0.265 e. The smallest absolute Gasteiger partial charge is 0.265 e. The molecule has 1 atom stereocenters. The topological polar surface area (TPSA) is 84.5 Å². The fourth-order valence-corrected chi connectivity index (χ4v) is 4.15. The van der Waals surface area contributed by atoms with E-state index >= 15 is 0 Å². The summed E-state index contributed by atoms with van der Waals surface area (Å²) in [6, 6.07) is 19.0. The highest BCUT2D eigenvalue weighted by atomic mass is 35.5. The second-order valence-corrected chi connectivity index (χ2v) is 9.16. The summed E-state index contributed by atoms with van der Waals surface area (Å²) >= 11 is 11.8. The summed E-state index contributed by atoms with van der Waals surface area (Å²) in [5.41, 5.74) is 0.800. The summed E-state index contributed by atoms with van der Waals surface area (Å²) in [7, 11) is -3.80. The van der Waals surface area contributed by atoms with Gasteiger partial charge in [-0.2, -0.15) is 0 Å². The summed E-state index contributed by atoms with van der Waals surface area (Å²) in [4.78, 5) is 12.6. The van der Waals surface area contributed by atoms with E-state index < -0.39 is 16.1 Å². The zero-order valence-corrected chi connectivity index (χ0v) is 18.8. The quantitative estimate of drug-likeness (QED) is 0.441. The number of carbonyl (C=O) groups excluding carboxylic acids is 1. The molecule has 9 heteroatoms. The van der Waals surface area contributed by atoms with E-state index in [1.807, 2.05) is 6.92 Å². The number of nitrogens with one attached hydrogen (secondary N) is 2. The van der Waals surface area contributed by atoms with Crippen LogP contribution in [0.4, 0.5) is 11.4 Å². The van der Waals surface area contributed by atoms with Crippen LogP contribution in [-0.2, 0) is 14.8 Å². The first-order chi connectivity index (χ1) is 14.8. The average molecular weight is 479 g/mol. The summed E-state index contributed by atoms with van der Waals surface area (Å²) in [5.74, 6) is 0.137. The zero-order valence-electron chi connectivity index (χ0n) is 16.5. The highest BCUT2D eigenvalue weighted by Crippen LogP contribution is 2.22. The molecule has 0 spiro atoms. The first-order valence-electron chi connectivity index (χ1n) is 9.38. The number of halogens is 2. The molecule has 0 radical (unpaired) electrons. The molecule has 3 aromatic carbocycles. The van der Waals surface area contributed by atoms with Crippen LogP contribution in [0.3, 0.4) is 0 Å². The lowest BCUT2D eigenvalue weighted by atomic mass is 10.2. The van der Waals surface area contributed by atoms with Gasteiger partial charge in [-0.3, -0.25) is 9.52 Å². The number of carbonyl (C=O) groups is 1. The Morgan fingerprint density at radius 2 is 1.58 bits per heavy atom. The normalized spacial score (nSPS) is 12.1. The number of ether oxygens (including phenoxy) is 1. The van der Waals surface area contributed by atoms with Crippen LogP contribution < -0.4 is 14.8 Å². The number of benzene rings is 3. The van der Waals surface area contributed by atoms with Crippen molar-refractivity contribution in [2.24, 2.45) is 0 Å². The fraction of sp³-hybridized carbons (Fsp3) is 0.136. The maximum atomic E-state index is 12.6. The van der Waals surface area contributed by atoms with Crippen molar-refractivity contribution >= 4 is 50.5 Å². The average Bonchev–Trinajstić information content (AvgIpc) is 2.72. The maximum absolute atomic E-state index is 12.6. The molecule has 0 aromatic heterocycles. The molecule has 0 heterocycles. The van der Waals surface area contributed by atoms with Gasteiger partial charge in [-0.15, -0.1) is 0 Å². The third-order valence-electron chi connectivity index (χ3n) is 4.25. The van der Waals surface area contributed by atoms with Crippen LogP contribution in [-0.4, -0.2) is 20.4 Å². The van der Waals surface area contributed by atoms with Crippen molar-refractivity contribution in [3.8, 4) is 5.75 Å². The summed E-state index contributed by atoms with van der Waals surface area (Å²) < 4.78 is 33.3.